The molecule has 0 radical (unpaired) electrons. The van der Waals surface area contributed by atoms with Crippen molar-refractivity contribution >= 4 is 11.2 Å². The lowest BCUT2D eigenvalue weighted by Crippen LogP contribution is -2.32. The molecule has 0 fully saturated rings. The topological polar surface area (TPSA) is 101 Å². The normalized spacial score (nSPS) is 10.7. The Balaban J connectivity index is 3.12. The summed E-state index contributed by atoms with van der Waals surface area (Å²) in [5.74, 6) is 0. The zero-order valence-corrected chi connectivity index (χ0v) is 7.90. The molecule has 2 aromatic heterocycles. The predicted octanol–water partition coefficient (Wildman–Crippen LogP) is -1.21. The molecule has 7 heteroatoms. The molecule has 0 atom stereocenters. The number of aromatic amines is 2. The van der Waals surface area contributed by atoms with Gasteiger partial charge in [-0.05, 0) is 6.92 Å². The Kier molecular flexibility index (Phi) is 2.00. The smallest absolute Gasteiger partial charge is 0.305 e. The van der Waals surface area contributed by atoms with Crippen LogP contribution in [0.1, 0.15) is 6.92 Å². The van der Waals surface area contributed by atoms with Crippen LogP contribution in [0.25, 0.3) is 11.2 Å². The number of hydrogen-bond donors (Lipinski definition) is 2. The van der Waals surface area contributed by atoms with Gasteiger partial charge in [0.15, 0.2) is 5.52 Å². The lowest BCUT2D eigenvalue weighted by atomic mass is 10.5. The van der Waals surface area contributed by atoms with Gasteiger partial charge in [0.1, 0.15) is 5.65 Å². The lowest BCUT2D eigenvalue weighted by Gasteiger charge is -2.03. The minimum atomic E-state index is -0.601. The highest BCUT2D eigenvalue weighted by atomic mass is 16.2. The van der Waals surface area contributed by atoms with E-state index in [1.54, 1.807) is 6.92 Å². The van der Waals surface area contributed by atoms with Crippen molar-refractivity contribution in [2.24, 2.45) is 0 Å². The van der Waals surface area contributed by atoms with Crippen molar-refractivity contribution in [3.8, 4) is 0 Å². The van der Waals surface area contributed by atoms with E-state index in [2.05, 4.69) is 15.0 Å². The Morgan fingerprint density at radius 3 is 2.73 bits per heavy atom. The second-order valence-corrected chi connectivity index (χ2v) is 2.95. The number of H-pyrrole nitrogens is 2. The van der Waals surface area contributed by atoms with Gasteiger partial charge < -0.3 is 4.98 Å². The first-order valence-electron chi connectivity index (χ1n) is 4.35. The highest BCUT2D eigenvalue weighted by molar-refractivity contribution is 5.67. The summed E-state index contributed by atoms with van der Waals surface area (Å²) < 4.78 is 1.24. The zero-order valence-electron chi connectivity index (χ0n) is 7.90. The first-order chi connectivity index (χ1) is 7.13. The van der Waals surface area contributed by atoms with Crippen LogP contribution in [-0.2, 0) is 6.54 Å². The Labute approximate surface area is 82.4 Å². The second kappa shape index (κ2) is 3.19. The number of aromatic nitrogens is 4. The maximum absolute atomic E-state index is 11.4. The first kappa shape index (κ1) is 9.38. The minimum Gasteiger partial charge on any atom is -0.305 e. The molecule has 15 heavy (non-hydrogen) atoms. The van der Waals surface area contributed by atoms with Gasteiger partial charge in [0.2, 0.25) is 0 Å². The number of nitrogens with one attached hydrogen (secondary N) is 2. The summed E-state index contributed by atoms with van der Waals surface area (Å²) in [6.07, 6.45) is 1.00. The molecule has 0 saturated heterocycles. The quantitative estimate of drug-likeness (QED) is 0.614. The van der Waals surface area contributed by atoms with Crippen LogP contribution in [0.2, 0.25) is 0 Å². The lowest BCUT2D eigenvalue weighted by molar-refractivity contribution is 0.714. The summed E-state index contributed by atoms with van der Waals surface area (Å²) in [5, 5.41) is 0. The molecule has 0 aliphatic carbocycles. The van der Waals surface area contributed by atoms with Crippen molar-refractivity contribution < 1.29 is 0 Å². The highest BCUT2D eigenvalue weighted by Crippen LogP contribution is 1.95. The van der Waals surface area contributed by atoms with Gasteiger partial charge in [-0.15, -0.1) is 0 Å². The van der Waals surface area contributed by atoms with Gasteiger partial charge in [0.25, 0.3) is 11.1 Å². The highest BCUT2D eigenvalue weighted by Gasteiger charge is 2.07. The fourth-order valence-electron chi connectivity index (χ4n) is 1.38. The molecule has 2 heterocycles. The molecule has 7 nitrogen and oxygen atoms in total. The van der Waals surface area contributed by atoms with Gasteiger partial charge in [-0.2, -0.15) is 0 Å². The summed E-state index contributed by atoms with van der Waals surface area (Å²) in [4.78, 5) is 41.9. The first-order valence-corrected chi connectivity index (χ1v) is 4.35. The number of hydrogen-bond acceptors (Lipinski definition) is 4. The van der Waals surface area contributed by atoms with E-state index in [-0.39, 0.29) is 11.2 Å². The van der Waals surface area contributed by atoms with Gasteiger partial charge in [-0.3, -0.25) is 19.1 Å². The van der Waals surface area contributed by atoms with Crippen LogP contribution in [0.4, 0.5) is 0 Å². The third kappa shape index (κ3) is 1.37. The third-order valence-electron chi connectivity index (χ3n) is 2.04. The van der Waals surface area contributed by atoms with Crippen LogP contribution in [-0.4, -0.2) is 19.5 Å². The Morgan fingerprint density at radius 2 is 2.07 bits per heavy atom. The van der Waals surface area contributed by atoms with Crippen molar-refractivity contribution in [3.05, 3.63) is 37.4 Å². The van der Waals surface area contributed by atoms with Crippen LogP contribution < -0.4 is 16.8 Å². The Morgan fingerprint density at radius 1 is 1.33 bits per heavy atom. The molecule has 2 N–H and O–H groups in total. The van der Waals surface area contributed by atoms with Gasteiger partial charge >= 0.3 is 5.69 Å². The minimum absolute atomic E-state index is 0.0519. The fourth-order valence-corrected chi connectivity index (χ4v) is 1.38. The molecule has 78 valence electrons. The predicted molar refractivity (Wildman–Crippen MR) is 52.9 cm³/mol. The van der Waals surface area contributed by atoms with Crippen molar-refractivity contribution in [3.63, 3.8) is 0 Å². The monoisotopic (exact) mass is 208 g/mol. The number of rotatable bonds is 1. The van der Waals surface area contributed by atoms with Crippen molar-refractivity contribution in [2.45, 2.75) is 13.5 Å². The van der Waals surface area contributed by atoms with E-state index in [4.69, 9.17) is 0 Å². The van der Waals surface area contributed by atoms with Crippen LogP contribution in [0.5, 0.6) is 0 Å². The molecule has 0 spiro atoms. The van der Waals surface area contributed by atoms with Gasteiger partial charge in [-0.25, -0.2) is 9.78 Å². The Hall–Kier alpha value is -2.18. The maximum atomic E-state index is 11.4. The Bertz CT molecular complexity index is 679. The average molecular weight is 208 g/mol. The molecule has 0 amide bonds. The van der Waals surface area contributed by atoms with E-state index in [0.29, 0.717) is 6.54 Å². The van der Waals surface area contributed by atoms with E-state index in [1.165, 1.54) is 4.57 Å². The summed E-state index contributed by atoms with van der Waals surface area (Å²) in [7, 11) is 0. The molecule has 0 bridgehead atoms. The molecule has 0 unspecified atom stereocenters. The van der Waals surface area contributed by atoms with E-state index in [0.717, 1.165) is 6.20 Å². The second-order valence-electron chi connectivity index (χ2n) is 2.95. The van der Waals surface area contributed by atoms with Crippen molar-refractivity contribution in [1.29, 1.82) is 0 Å². The summed E-state index contributed by atoms with van der Waals surface area (Å²) in [6.45, 7) is 2.07. The van der Waals surface area contributed by atoms with Crippen LogP contribution in [0, 0.1) is 0 Å². The van der Waals surface area contributed by atoms with Gasteiger partial charge in [-0.1, -0.05) is 0 Å². The van der Waals surface area contributed by atoms with Crippen LogP contribution >= 0.6 is 0 Å². The van der Waals surface area contributed by atoms with Crippen LogP contribution in [0.3, 0.4) is 0 Å². The van der Waals surface area contributed by atoms with Crippen molar-refractivity contribution in [1.82, 2.24) is 19.5 Å². The summed E-state index contributed by atoms with van der Waals surface area (Å²) >= 11 is 0. The molecular formula is C8H8N4O3. The number of aryl methyl sites for hydroxylation is 1. The van der Waals surface area contributed by atoms with E-state index in [9.17, 15) is 14.4 Å². The molecular weight excluding hydrogens is 200 g/mol. The molecule has 0 aromatic carbocycles. The van der Waals surface area contributed by atoms with Crippen molar-refractivity contribution in [2.75, 3.05) is 0 Å². The molecule has 0 aliphatic heterocycles. The number of fused-ring (bicyclic) bond motifs is 1. The van der Waals surface area contributed by atoms with E-state index < -0.39 is 16.8 Å². The van der Waals surface area contributed by atoms with E-state index >= 15 is 0 Å². The van der Waals surface area contributed by atoms with Gasteiger partial charge in [0, 0.05) is 6.54 Å². The fraction of sp³-hybridized carbons (Fsp3) is 0.250. The van der Waals surface area contributed by atoms with E-state index in [1.807, 2.05) is 0 Å². The third-order valence-corrected chi connectivity index (χ3v) is 2.04. The zero-order chi connectivity index (χ0) is 11.0. The molecule has 0 aliphatic rings. The maximum Gasteiger partial charge on any atom is 0.330 e. The molecule has 0 saturated carbocycles. The molecule has 2 aromatic rings. The largest absolute Gasteiger partial charge is 0.330 e. The summed E-state index contributed by atoms with van der Waals surface area (Å²) in [6, 6.07) is 0. The van der Waals surface area contributed by atoms with Crippen LogP contribution in [0.15, 0.2) is 20.6 Å². The SMILES string of the molecule is CCn1c(=O)[nH]c(=O)c2ncc(=O)[nH]c21. The average Bonchev–Trinajstić information content (AvgIpc) is 2.17. The summed E-state index contributed by atoms with van der Waals surface area (Å²) in [5.41, 5.74) is -1.40. The standard InChI is InChI=1S/C8H8N4O3/c1-2-12-6-5(7(14)11-8(12)15)9-3-4(13)10-6/h3H,2H2,1H3,(H,10,13)(H,11,14,15). The van der Waals surface area contributed by atoms with Gasteiger partial charge in [0.05, 0.1) is 6.20 Å². The molecule has 2 rings (SSSR count). The number of nitrogens with zero attached hydrogens (tertiary/aromatic N) is 2.